The molecule has 0 radical (unpaired) electrons. The standard InChI is InChI=1S/C12H18N4O2/c1-8-10(3-5-18-8)7-15-12(17)9-2-4-14-11(6-9)16-13/h2,4,6,8,10H,3,5,7,13H2,1H3,(H,14,16)(H,15,17). The van der Waals surface area contributed by atoms with E-state index in [0.717, 1.165) is 13.0 Å². The lowest BCUT2D eigenvalue weighted by Crippen LogP contribution is -2.32. The predicted octanol–water partition coefficient (Wildman–Crippen LogP) is 0.522. The average Bonchev–Trinajstić information content (AvgIpc) is 2.81. The fourth-order valence-electron chi connectivity index (χ4n) is 2.02. The summed E-state index contributed by atoms with van der Waals surface area (Å²) in [6.45, 7) is 3.44. The number of carbonyl (C=O) groups is 1. The second kappa shape index (κ2) is 5.79. The maximum Gasteiger partial charge on any atom is 0.251 e. The highest BCUT2D eigenvalue weighted by atomic mass is 16.5. The van der Waals surface area contributed by atoms with Crippen LogP contribution in [-0.4, -0.2) is 30.1 Å². The number of carbonyl (C=O) groups excluding carboxylic acids is 1. The maximum absolute atomic E-state index is 11.9. The molecule has 2 rings (SSSR count). The van der Waals surface area contributed by atoms with Crippen LogP contribution in [0.15, 0.2) is 18.3 Å². The van der Waals surface area contributed by atoms with Crippen LogP contribution in [0.1, 0.15) is 23.7 Å². The highest BCUT2D eigenvalue weighted by molar-refractivity contribution is 5.94. The molecular weight excluding hydrogens is 232 g/mol. The van der Waals surface area contributed by atoms with Gasteiger partial charge in [0.25, 0.3) is 5.91 Å². The number of anilines is 1. The van der Waals surface area contributed by atoms with E-state index in [0.29, 0.717) is 23.8 Å². The number of nitrogens with zero attached hydrogens (tertiary/aromatic N) is 1. The predicted molar refractivity (Wildman–Crippen MR) is 67.9 cm³/mol. The number of aromatic nitrogens is 1. The molecule has 1 saturated heterocycles. The van der Waals surface area contributed by atoms with Crippen LogP contribution in [0, 0.1) is 5.92 Å². The fourth-order valence-corrected chi connectivity index (χ4v) is 2.02. The molecule has 0 saturated carbocycles. The molecule has 2 heterocycles. The number of hydrazine groups is 1. The molecule has 1 fully saturated rings. The Morgan fingerprint density at radius 2 is 2.50 bits per heavy atom. The van der Waals surface area contributed by atoms with Gasteiger partial charge in [-0.3, -0.25) is 4.79 Å². The molecule has 2 unspecified atom stereocenters. The molecule has 0 aromatic carbocycles. The number of nitrogens with one attached hydrogen (secondary N) is 2. The van der Waals surface area contributed by atoms with Gasteiger partial charge in [0.05, 0.1) is 6.10 Å². The van der Waals surface area contributed by atoms with Crippen LogP contribution >= 0.6 is 0 Å². The van der Waals surface area contributed by atoms with E-state index in [4.69, 9.17) is 10.6 Å². The quantitative estimate of drug-likeness (QED) is 0.535. The highest BCUT2D eigenvalue weighted by Crippen LogP contribution is 2.19. The summed E-state index contributed by atoms with van der Waals surface area (Å²) in [5.74, 6) is 6.00. The van der Waals surface area contributed by atoms with Gasteiger partial charge in [-0.25, -0.2) is 10.8 Å². The summed E-state index contributed by atoms with van der Waals surface area (Å²) in [4.78, 5) is 15.9. The third kappa shape index (κ3) is 2.96. The van der Waals surface area contributed by atoms with Crippen molar-refractivity contribution in [3.05, 3.63) is 23.9 Å². The van der Waals surface area contributed by atoms with Gasteiger partial charge in [-0.05, 0) is 25.5 Å². The number of hydrogen-bond acceptors (Lipinski definition) is 5. The van der Waals surface area contributed by atoms with Crippen LogP contribution < -0.4 is 16.6 Å². The molecule has 1 aromatic rings. The molecule has 2 atom stereocenters. The van der Waals surface area contributed by atoms with Gasteiger partial charge in [-0.1, -0.05) is 0 Å². The second-order valence-corrected chi connectivity index (χ2v) is 4.41. The van der Waals surface area contributed by atoms with E-state index >= 15 is 0 Å². The minimum absolute atomic E-state index is 0.118. The average molecular weight is 250 g/mol. The summed E-state index contributed by atoms with van der Waals surface area (Å²) in [5.41, 5.74) is 2.96. The first kappa shape index (κ1) is 12.8. The summed E-state index contributed by atoms with van der Waals surface area (Å²) >= 11 is 0. The van der Waals surface area contributed by atoms with Crippen molar-refractivity contribution in [3.8, 4) is 0 Å². The van der Waals surface area contributed by atoms with E-state index in [1.807, 2.05) is 6.92 Å². The highest BCUT2D eigenvalue weighted by Gasteiger charge is 2.24. The molecule has 0 aliphatic carbocycles. The number of ether oxygens (including phenoxy) is 1. The van der Waals surface area contributed by atoms with E-state index in [1.54, 1.807) is 18.3 Å². The Morgan fingerprint density at radius 3 is 3.17 bits per heavy atom. The summed E-state index contributed by atoms with van der Waals surface area (Å²) in [6.07, 6.45) is 2.75. The maximum atomic E-state index is 11.9. The van der Waals surface area contributed by atoms with E-state index in [-0.39, 0.29) is 12.0 Å². The monoisotopic (exact) mass is 250 g/mol. The number of hydrogen-bond donors (Lipinski definition) is 3. The van der Waals surface area contributed by atoms with Crippen LogP contribution in [0.4, 0.5) is 5.82 Å². The molecule has 1 aliphatic heterocycles. The van der Waals surface area contributed by atoms with Crippen molar-refractivity contribution in [1.29, 1.82) is 0 Å². The minimum Gasteiger partial charge on any atom is -0.378 e. The molecule has 1 amide bonds. The molecule has 0 spiro atoms. The van der Waals surface area contributed by atoms with Gasteiger partial charge < -0.3 is 15.5 Å². The number of amides is 1. The zero-order chi connectivity index (χ0) is 13.0. The molecule has 0 bridgehead atoms. The summed E-state index contributed by atoms with van der Waals surface area (Å²) in [6, 6.07) is 3.27. The van der Waals surface area contributed by atoms with E-state index < -0.39 is 0 Å². The lowest BCUT2D eigenvalue weighted by atomic mass is 10.0. The number of rotatable bonds is 4. The molecule has 4 N–H and O–H groups in total. The first-order chi connectivity index (χ1) is 8.70. The Labute approximate surface area is 106 Å². The lowest BCUT2D eigenvalue weighted by molar-refractivity contribution is 0.0907. The van der Waals surface area contributed by atoms with E-state index in [1.165, 1.54) is 0 Å². The molecule has 6 heteroatoms. The summed E-state index contributed by atoms with van der Waals surface area (Å²) in [5, 5.41) is 2.91. The number of pyridine rings is 1. The van der Waals surface area contributed by atoms with E-state index in [9.17, 15) is 4.79 Å². The van der Waals surface area contributed by atoms with Crippen LogP contribution in [0.5, 0.6) is 0 Å². The van der Waals surface area contributed by atoms with E-state index in [2.05, 4.69) is 15.7 Å². The minimum atomic E-state index is -0.118. The Bertz CT molecular complexity index is 424. The van der Waals surface area contributed by atoms with Gasteiger partial charge in [-0.2, -0.15) is 0 Å². The molecule has 98 valence electrons. The van der Waals surface area contributed by atoms with Crippen molar-refractivity contribution in [2.75, 3.05) is 18.6 Å². The van der Waals surface area contributed by atoms with Crippen LogP contribution in [0.2, 0.25) is 0 Å². The van der Waals surface area contributed by atoms with Crippen molar-refractivity contribution in [2.45, 2.75) is 19.4 Å². The molecule has 6 nitrogen and oxygen atoms in total. The lowest BCUT2D eigenvalue weighted by Gasteiger charge is -2.14. The smallest absolute Gasteiger partial charge is 0.251 e. The molecule has 18 heavy (non-hydrogen) atoms. The molecule has 1 aromatic heterocycles. The van der Waals surface area contributed by atoms with Gasteiger partial charge in [0.1, 0.15) is 5.82 Å². The van der Waals surface area contributed by atoms with Crippen molar-refractivity contribution >= 4 is 11.7 Å². The van der Waals surface area contributed by atoms with Crippen molar-refractivity contribution < 1.29 is 9.53 Å². The third-order valence-electron chi connectivity index (χ3n) is 3.23. The Morgan fingerprint density at radius 1 is 1.67 bits per heavy atom. The van der Waals surface area contributed by atoms with Crippen LogP contribution in [0.25, 0.3) is 0 Å². The van der Waals surface area contributed by atoms with Crippen molar-refractivity contribution in [1.82, 2.24) is 10.3 Å². The van der Waals surface area contributed by atoms with Gasteiger partial charge in [0.15, 0.2) is 0 Å². The van der Waals surface area contributed by atoms with Crippen LogP contribution in [-0.2, 0) is 4.74 Å². The van der Waals surface area contributed by atoms with Gasteiger partial charge in [0, 0.05) is 30.8 Å². The van der Waals surface area contributed by atoms with Gasteiger partial charge in [0.2, 0.25) is 0 Å². The molecule has 1 aliphatic rings. The van der Waals surface area contributed by atoms with Crippen LogP contribution in [0.3, 0.4) is 0 Å². The largest absolute Gasteiger partial charge is 0.378 e. The Balaban J connectivity index is 1.90. The van der Waals surface area contributed by atoms with Gasteiger partial charge in [-0.15, -0.1) is 0 Å². The first-order valence-electron chi connectivity index (χ1n) is 6.03. The Hall–Kier alpha value is -1.66. The normalized spacial score (nSPS) is 22.8. The second-order valence-electron chi connectivity index (χ2n) is 4.41. The topological polar surface area (TPSA) is 89.3 Å². The third-order valence-corrected chi connectivity index (χ3v) is 3.23. The van der Waals surface area contributed by atoms with Crippen molar-refractivity contribution in [3.63, 3.8) is 0 Å². The number of nitrogens with two attached hydrogens (primary N) is 1. The SMILES string of the molecule is CC1OCCC1CNC(=O)c1ccnc(NN)c1. The summed E-state index contributed by atoms with van der Waals surface area (Å²) < 4.78 is 5.45. The van der Waals surface area contributed by atoms with Gasteiger partial charge >= 0.3 is 0 Å². The van der Waals surface area contributed by atoms with Crippen molar-refractivity contribution in [2.24, 2.45) is 11.8 Å². The number of nitrogen functional groups attached to an aromatic ring is 1. The Kier molecular flexibility index (Phi) is 4.11. The zero-order valence-electron chi connectivity index (χ0n) is 10.3. The molecular formula is C12H18N4O2. The fraction of sp³-hybridized carbons (Fsp3) is 0.500. The summed E-state index contributed by atoms with van der Waals surface area (Å²) in [7, 11) is 0. The first-order valence-corrected chi connectivity index (χ1v) is 6.03. The zero-order valence-corrected chi connectivity index (χ0v) is 10.3.